The highest BCUT2D eigenvalue weighted by molar-refractivity contribution is 6.63. The number of ether oxygens (including phenoxy) is 1. The summed E-state index contributed by atoms with van der Waals surface area (Å²) < 4.78 is 18.0. The number of rotatable bonds is 3. The van der Waals surface area contributed by atoms with Crippen molar-refractivity contribution < 1.29 is 14.0 Å². The molecule has 2 fully saturated rings. The maximum Gasteiger partial charge on any atom is 0.500 e. The predicted octanol–water partition coefficient (Wildman–Crippen LogP) is 1.79. The molecule has 0 atom stereocenters. The van der Waals surface area contributed by atoms with Crippen LogP contribution in [0.4, 0.5) is 0 Å². The summed E-state index contributed by atoms with van der Waals surface area (Å²) in [6.07, 6.45) is 3.96. The van der Waals surface area contributed by atoms with Crippen LogP contribution in [0, 0.1) is 11.3 Å². The van der Waals surface area contributed by atoms with E-state index in [4.69, 9.17) is 19.3 Å². The lowest BCUT2D eigenvalue weighted by molar-refractivity contribution is 0.00578. The van der Waals surface area contributed by atoms with Gasteiger partial charge >= 0.3 is 7.12 Å². The fraction of sp³-hybridized carbons (Fsp3) is 0.600. The molecule has 0 amide bonds. The normalized spacial score (nSPS) is 22.9. The Labute approximate surface area is 125 Å². The van der Waals surface area contributed by atoms with Gasteiger partial charge in [0.15, 0.2) is 0 Å². The van der Waals surface area contributed by atoms with E-state index in [0.29, 0.717) is 11.4 Å². The highest BCUT2D eigenvalue weighted by atomic mass is 16.7. The molecule has 0 radical (unpaired) electrons. The van der Waals surface area contributed by atoms with Crippen molar-refractivity contribution in [3.8, 4) is 11.8 Å². The highest BCUT2D eigenvalue weighted by Gasteiger charge is 2.52. The third-order valence-corrected chi connectivity index (χ3v) is 4.33. The average molecular weight is 286 g/mol. The summed E-state index contributed by atoms with van der Waals surface area (Å²) in [5.41, 5.74) is 0.260. The van der Waals surface area contributed by atoms with E-state index in [1.54, 1.807) is 12.3 Å². The first-order chi connectivity index (χ1) is 9.82. The Bertz CT molecular complexity index is 589. The van der Waals surface area contributed by atoms with Crippen LogP contribution in [0.1, 0.15) is 46.2 Å². The lowest BCUT2D eigenvalue weighted by Crippen LogP contribution is -2.41. The molecular formula is C15H19BN2O3. The molecule has 5 nitrogen and oxygen atoms in total. The summed E-state index contributed by atoms with van der Waals surface area (Å²) in [6.45, 7) is 8.02. The van der Waals surface area contributed by atoms with Gasteiger partial charge < -0.3 is 14.0 Å². The number of hydrogen-bond donors (Lipinski definition) is 0. The van der Waals surface area contributed by atoms with Gasteiger partial charge in [-0.05, 0) is 40.5 Å². The van der Waals surface area contributed by atoms with E-state index >= 15 is 0 Å². The largest absolute Gasteiger partial charge is 0.500 e. The van der Waals surface area contributed by atoms with Gasteiger partial charge in [-0.1, -0.05) is 0 Å². The molecule has 6 heteroatoms. The van der Waals surface area contributed by atoms with Crippen molar-refractivity contribution >= 4 is 12.6 Å². The maximum atomic E-state index is 9.00. The number of nitriles is 1. The first-order valence-corrected chi connectivity index (χ1v) is 7.25. The number of aromatic nitrogens is 1. The summed E-state index contributed by atoms with van der Waals surface area (Å²) in [6, 6.07) is 3.70. The Morgan fingerprint density at radius 1 is 1.29 bits per heavy atom. The van der Waals surface area contributed by atoms with Crippen molar-refractivity contribution in [2.45, 2.75) is 57.8 Å². The van der Waals surface area contributed by atoms with Crippen LogP contribution < -0.4 is 10.2 Å². The second-order valence-electron chi connectivity index (χ2n) is 6.62. The van der Waals surface area contributed by atoms with E-state index in [1.165, 1.54) is 0 Å². The summed E-state index contributed by atoms with van der Waals surface area (Å²) in [4.78, 5) is 4.12. The second-order valence-corrected chi connectivity index (χ2v) is 6.62. The zero-order valence-electron chi connectivity index (χ0n) is 12.8. The van der Waals surface area contributed by atoms with E-state index < -0.39 is 18.3 Å². The van der Waals surface area contributed by atoms with Gasteiger partial charge in [0.25, 0.3) is 0 Å². The van der Waals surface area contributed by atoms with Gasteiger partial charge in [0, 0.05) is 17.7 Å². The van der Waals surface area contributed by atoms with Crippen molar-refractivity contribution in [3.63, 3.8) is 0 Å². The Morgan fingerprint density at radius 3 is 2.43 bits per heavy atom. The molecule has 1 aliphatic heterocycles. The minimum atomic E-state index is -0.524. The zero-order valence-corrected chi connectivity index (χ0v) is 12.8. The molecule has 1 aliphatic carbocycles. The van der Waals surface area contributed by atoms with Crippen LogP contribution in [-0.2, 0) is 9.31 Å². The molecule has 21 heavy (non-hydrogen) atoms. The van der Waals surface area contributed by atoms with Crippen LogP contribution in [0.3, 0.4) is 0 Å². The monoisotopic (exact) mass is 286 g/mol. The number of nitrogens with zero attached hydrogens (tertiary/aromatic N) is 2. The van der Waals surface area contributed by atoms with Gasteiger partial charge in [-0.15, -0.1) is 0 Å². The molecule has 0 aromatic carbocycles. The SMILES string of the molecule is CC1(C)OB(c2cnc(C#N)cc2OC2CC2)OC1(C)C. The molecule has 110 valence electrons. The molecule has 1 saturated carbocycles. The lowest BCUT2D eigenvalue weighted by Gasteiger charge is -2.32. The second kappa shape index (κ2) is 4.72. The van der Waals surface area contributed by atoms with Crippen LogP contribution >= 0.6 is 0 Å². The van der Waals surface area contributed by atoms with Crippen molar-refractivity contribution in [2.24, 2.45) is 0 Å². The van der Waals surface area contributed by atoms with Gasteiger partial charge in [-0.2, -0.15) is 5.26 Å². The smallest absolute Gasteiger partial charge is 0.491 e. The van der Waals surface area contributed by atoms with E-state index in [0.717, 1.165) is 18.3 Å². The van der Waals surface area contributed by atoms with Gasteiger partial charge in [-0.3, -0.25) is 0 Å². The molecule has 0 unspecified atom stereocenters. The quantitative estimate of drug-likeness (QED) is 0.793. The summed E-state index contributed by atoms with van der Waals surface area (Å²) in [5.74, 6) is 0.641. The van der Waals surface area contributed by atoms with Crippen LogP contribution in [0.15, 0.2) is 12.3 Å². The first kappa shape index (κ1) is 14.4. The molecule has 2 aliphatic rings. The van der Waals surface area contributed by atoms with E-state index in [1.807, 2.05) is 33.8 Å². The summed E-state index contributed by atoms with van der Waals surface area (Å²) in [5, 5.41) is 9.00. The fourth-order valence-corrected chi connectivity index (χ4v) is 2.12. The average Bonchev–Trinajstić information content (AvgIpc) is 3.17. The standard InChI is InChI=1S/C15H19BN2O3/c1-14(2)15(3,4)21-16(20-14)12-9-18-10(8-17)7-13(12)19-11-5-6-11/h7,9,11H,5-6H2,1-4H3. The summed E-state index contributed by atoms with van der Waals surface area (Å²) >= 11 is 0. The third-order valence-electron chi connectivity index (χ3n) is 4.33. The van der Waals surface area contributed by atoms with Crippen LogP contribution in [0.25, 0.3) is 0 Å². The molecule has 1 aromatic heterocycles. The van der Waals surface area contributed by atoms with Crippen molar-refractivity contribution in [3.05, 3.63) is 18.0 Å². The van der Waals surface area contributed by atoms with Crippen LogP contribution in [-0.4, -0.2) is 29.4 Å². The fourth-order valence-electron chi connectivity index (χ4n) is 2.12. The molecule has 1 saturated heterocycles. The Morgan fingerprint density at radius 2 is 1.90 bits per heavy atom. The Balaban J connectivity index is 1.93. The van der Waals surface area contributed by atoms with Gasteiger partial charge in [-0.25, -0.2) is 4.98 Å². The first-order valence-electron chi connectivity index (χ1n) is 7.25. The summed E-state index contributed by atoms with van der Waals surface area (Å²) in [7, 11) is -0.524. The van der Waals surface area contributed by atoms with Gasteiger partial charge in [0.1, 0.15) is 17.5 Å². The number of hydrogen-bond acceptors (Lipinski definition) is 5. The van der Waals surface area contributed by atoms with Gasteiger partial charge in [0.2, 0.25) is 0 Å². The molecule has 0 spiro atoms. The highest BCUT2D eigenvalue weighted by Crippen LogP contribution is 2.37. The Kier molecular flexibility index (Phi) is 3.23. The minimum Gasteiger partial charge on any atom is -0.491 e. The third kappa shape index (κ3) is 2.64. The van der Waals surface area contributed by atoms with Crippen molar-refractivity contribution in [1.29, 1.82) is 5.26 Å². The lowest BCUT2D eigenvalue weighted by atomic mass is 9.79. The molecular weight excluding hydrogens is 267 g/mol. The van der Waals surface area contributed by atoms with Crippen molar-refractivity contribution in [1.82, 2.24) is 4.98 Å². The van der Waals surface area contributed by atoms with E-state index in [2.05, 4.69) is 4.98 Å². The van der Waals surface area contributed by atoms with Crippen LogP contribution in [0.2, 0.25) is 0 Å². The molecule has 0 N–H and O–H groups in total. The Hall–Kier alpha value is -1.58. The predicted molar refractivity (Wildman–Crippen MR) is 78.3 cm³/mol. The van der Waals surface area contributed by atoms with Gasteiger partial charge in [0.05, 0.1) is 17.3 Å². The van der Waals surface area contributed by atoms with E-state index in [-0.39, 0.29) is 6.10 Å². The molecule has 2 heterocycles. The maximum absolute atomic E-state index is 9.00. The zero-order chi connectivity index (χ0) is 15.3. The van der Waals surface area contributed by atoms with E-state index in [9.17, 15) is 0 Å². The molecule has 3 rings (SSSR count). The minimum absolute atomic E-state index is 0.236. The topological polar surface area (TPSA) is 64.4 Å². The molecule has 0 bridgehead atoms. The molecule has 1 aromatic rings. The number of pyridine rings is 1. The van der Waals surface area contributed by atoms with Crippen LogP contribution in [0.5, 0.6) is 5.75 Å². The van der Waals surface area contributed by atoms with Crippen molar-refractivity contribution in [2.75, 3.05) is 0 Å².